The molecule has 0 unspecified atom stereocenters. The van der Waals surface area contributed by atoms with Crippen LogP contribution in [0.4, 0.5) is 11.4 Å². The van der Waals surface area contributed by atoms with Gasteiger partial charge in [0.05, 0.1) is 23.6 Å². The number of pyridine rings is 1. The summed E-state index contributed by atoms with van der Waals surface area (Å²) < 4.78 is 1.61. The second-order valence-electron chi connectivity index (χ2n) is 6.19. The van der Waals surface area contributed by atoms with E-state index in [0.717, 1.165) is 42.1 Å². The Morgan fingerprint density at radius 2 is 2.08 bits per heavy atom. The van der Waals surface area contributed by atoms with E-state index in [1.165, 1.54) is 5.69 Å². The van der Waals surface area contributed by atoms with Crippen LogP contribution in [0.25, 0.3) is 5.65 Å². The largest absolute Gasteiger partial charge is 0.383 e. The van der Waals surface area contributed by atoms with Gasteiger partial charge in [0.1, 0.15) is 5.65 Å². The topological polar surface area (TPSA) is 49.6 Å². The molecule has 0 fully saturated rings. The van der Waals surface area contributed by atoms with Crippen molar-refractivity contribution in [2.24, 2.45) is 0 Å². The van der Waals surface area contributed by atoms with E-state index >= 15 is 0 Å². The molecule has 1 aliphatic rings. The number of aromatic nitrogens is 2. The van der Waals surface area contributed by atoms with Gasteiger partial charge in [0.2, 0.25) is 0 Å². The quantitative estimate of drug-likeness (QED) is 0.789. The molecule has 0 saturated heterocycles. The predicted octanol–water partition coefficient (Wildman–Crippen LogP) is 2.83. The number of aryl methyl sites for hydroxylation is 1. The molecule has 5 nitrogen and oxygen atoms in total. The van der Waals surface area contributed by atoms with Gasteiger partial charge in [-0.15, -0.1) is 0 Å². The lowest BCUT2D eigenvalue weighted by Gasteiger charge is -2.24. The standard InChI is InChI=1S/C19H20N4O/c1-14-6-4-11-23-18(24)12-15(21-19(14)23)13-22-10-5-9-20-16-7-2-3-8-17(16)22/h2-4,6-8,11-12,20H,5,9-10,13H2,1H3. The highest BCUT2D eigenvalue weighted by atomic mass is 16.1. The minimum absolute atomic E-state index is 0.0278. The Kier molecular flexibility index (Phi) is 3.69. The number of rotatable bonds is 2. The third kappa shape index (κ3) is 2.62. The van der Waals surface area contributed by atoms with Gasteiger partial charge in [-0.25, -0.2) is 4.98 Å². The van der Waals surface area contributed by atoms with Gasteiger partial charge >= 0.3 is 0 Å². The summed E-state index contributed by atoms with van der Waals surface area (Å²) in [4.78, 5) is 19.4. The zero-order valence-corrected chi connectivity index (χ0v) is 13.7. The summed E-state index contributed by atoms with van der Waals surface area (Å²) in [5, 5.41) is 3.46. The summed E-state index contributed by atoms with van der Waals surface area (Å²) in [7, 11) is 0. The zero-order valence-electron chi connectivity index (χ0n) is 13.7. The first-order valence-electron chi connectivity index (χ1n) is 8.28. The summed E-state index contributed by atoms with van der Waals surface area (Å²) in [6, 6.07) is 13.8. The van der Waals surface area contributed by atoms with Gasteiger partial charge in [0.15, 0.2) is 0 Å². The molecule has 0 spiro atoms. The molecule has 122 valence electrons. The Bertz CT molecular complexity index is 947. The third-order valence-electron chi connectivity index (χ3n) is 4.46. The highest BCUT2D eigenvalue weighted by molar-refractivity contribution is 5.70. The number of nitrogens with one attached hydrogen (secondary N) is 1. The van der Waals surface area contributed by atoms with Crippen molar-refractivity contribution in [3.8, 4) is 0 Å². The Labute approximate surface area is 140 Å². The van der Waals surface area contributed by atoms with Gasteiger partial charge in [0.25, 0.3) is 5.56 Å². The first kappa shape index (κ1) is 14.8. The summed E-state index contributed by atoms with van der Waals surface area (Å²) in [6.45, 7) is 4.52. The molecule has 0 amide bonds. The van der Waals surface area contributed by atoms with Crippen LogP contribution in [0.3, 0.4) is 0 Å². The Hall–Kier alpha value is -2.82. The molecule has 1 aliphatic heterocycles. The number of anilines is 2. The Morgan fingerprint density at radius 3 is 3.00 bits per heavy atom. The van der Waals surface area contributed by atoms with Crippen molar-refractivity contribution in [1.82, 2.24) is 9.38 Å². The molecule has 0 aliphatic carbocycles. The maximum absolute atomic E-state index is 12.4. The number of para-hydroxylation sites is 2. The normalized spacial score (nSPS) is 14.1. The maximum Gasteiger partial charge on any atom is 0.258 e. The van der Waals surface area contributed by atoms with Gasteiger partial charge in [-0.2, -0.15) is 0 Å². The van der Waals surface area contributed by atoms with E-state index in [2.05, 4.69) is 22.3 Å². The zero-order chi connectivity index (χ0) is 16.5. The van der Waals surface area contributed by atoms with Gasteiger partial charge < -0.3 is 10.2 Å². The molecule has 0 atom stereocenters. The number of hydrogen-bond donors (Lipinski definition) is 1. The average Bonchev–Trinajstić information content (AvgIpc) is 2.79. The third-order valence-corrected chi connectivity index (χ3v) is 4.46. The highest BCUT2D eigenvalue weighted by Crippen LogP contribution is 2.28. The van der Waals surface area contributed by atoms with Gasteiger partial charge in [-0.1, -0.05) is 18.2 Å². The first-order valence-corrected chi connectivity index (χ1v) is 8.28. The predicted molar refractivity (Wildman–Crippen MR) is 96.8 cm³/mol. The van der Waals surface area contributed by atoms with Crippen LogP contribution in [0.5, 0.6) is 0 Å². The Balaban J connectivity index is 1.75. The minimum Gasteiger partial charge on any atom is -0.383 e. The summed E-state index contributed by atoms with van der Waals surface area (Å²) in [5.74, 6) is 0. The summed E-state index contributed by atoms with van der Waals surface area (Å²) in [6.07, 6.45) is 2.83. The van der Waals surface area contributed by atoms with Crippen molar-refractivity contribution < 1.29 is 0 Å². The van der Waals surface area contributed by atoms with E-state index in [9.17, 15) is 4.79 Å². The first-order chi connectivity index (χ1) is 11.7. The SMILES string of the molecule is Cc1cccn2c(=O)cc(CN3CCCNc4ccccc43)nc12. The molecule has 3 aromatic rings. The van der Waals surface area contributed by atoms with Crippen molar-refractivity contribution in [3.63, 3.8) is 0 Å². The lowest BCUT2D eigenvalue weighted by molar-refractivity contribution is 0.749. The molecule has 3 heterocycles. The van der Waals surface area contributed by atoms with Gasteiger partial charge in [-0.05, 0) is 37.1 Å². The second-order valence-corrected chi connectivity index (χ2v) is 6.19. The monoisotopic (exact) mass is 320 g/mol. The minimum atomic E-state index is -0.0278. The molecule has 24 heavy (non-hydrogen) atoms. The number of hydrogen-bond acceptors (Lipinski definition) is 4. The van der Waals surface area contributed by atoms with Crippen LogP contribution >= 0.6 is 0 Å². The van der Waals surface area contributed by atoms with E-state index in [1.807, 2.05) is 31.2 Å². The summed E-state index contributed by atoms with van der Waals surface area (Å²) in [5.41, 5.74) is 4.84. The molecule has 0 saturated carbocycles. The van der Waals surface area contributed by atoms with Crippen LogP contribution in [0.2, 0.25) is 0 Å². The molecule has 0 radical (unpaired) electrons. The molecule has 5 heteroatoms. The fraction of sp³-hybridized carbons (Fsp3) is 0.263. The molecule has 1 N–H and O–H groups in total. The van der Waals surface area contributed by atoms with E-state index in [4.69, 9.17) is 4.98 Å². The Morgan fingerprint density at radius 1 is 1.21 bits per heavy atom. The van der Waals surface area contributed by atoms with Gasteiger partial charge in [0, 0.05) is 25.4 Å². The van der Waals surface area contributed by atoms with E-state index < -0.39 is 0 Å². The molecular weight excluding hydrogens is 300 g/mol. The van der Waals surface area contributed by atoms with Crippen LogP contribution < -0.4 is 15.8 Å². The van der Waals surface area contributed by atoms with E-state index in [1.54, 1.807) is 16.7 Å². The lowest BCUT2D eigenvalue weighted by atomic mass is 10.2. The van der Waals surface area contributed by atoms with Crippen LogP contribution in [-0.4, -0.2) is 22.5 Å². The average molecular weight is 320 g/mol. The van der Waals surface area contributed by atoms with E-state index in [0.29, 0.717) is 6.54 Å². The van der Waals surface area contributed by atoms with Crippen LogP contribution in [-0.2, 0) is 6.54 Å². The summed E-state index contributed by atoms with van der Waals surface area (Å²) >= 11 is 0. The van der Waals surface area contributed by atoms with Crippen molar-refractivity contribution in [2.45, 2.75) is 19.9 Å². The number of fused-ring (bicyclic) bond motifs is 2. The molecule has 4 rings (SSSR count). The van der Waals surface area contributed by atoms with Crippen molar-refractivity contribution in [3.05, 3.63) is 70.3 Å². The lowest BCUT2D eigenvalue weighted by Crippen LogP contribution is -2.26. The fourth-order valence-corrected chi connectivity index (χ4v) is 3.26. The second kappa shape index (κ2) is 6.00. The smallest absolute Gasteiger partial charge is 0.258 e. The number of benzene rings is 1. The molecular formula is C19H20N4O. The number of nitrogens with zero attached hydrogens (tertiary/aromatic N) is 3. The van der Waals surface area contributed by atoms with Gasteiger partial charge in [-0.3, -0.25) is 9.20 Å². The fourth-order valence-electron chi connectivity index (χ4n) is 3.26. The van der Waals surface area contributed by atoms with Crippen LogP contribution in [0.15, 0.2) is 53.5 Å². The molecule has 2 aromatic heterocycles. The van der Waals surface area contributed by atoms with Crippen LogP contribution in [0.1, 0.15) is 17.7 Å². The molecule has 0 bridgehead atoms. The van der Waals surface area contributed by atoms with E-state index in [-0.39, 0.29) is 5.56 Å². The van der Waals surface area contributed by atoms with Crippen molar-refractivity contribution in [2.75, 3.05) is 23.3 Å². The maximum atomic E-state index is 12.4. The van der Waals surface area contributed by atoms with Crippen molar-refractivity contribution in [1.29, 1.82) is 0 Å². The molecule has 1 aromatic carbocycles. The van der Waals surface area contributed by atoms with Crippen LogP contribution in [0, 0.1) is 6.92 Å². The van der Waals surface area contributed by atoms with Crippen molar-refractivity contribution >= 4 is 17.0 Å². The highest BCUT2D eigenvalue weighted by Gasteiger charge is 2.16.